The van der Waals surface area contributed by atoms with Gasteiger partial charge in [0.2, 0.25) is 0 Å². The van der Waals surface area contributed by atoms with Gasteiger partial charge in [-0.1, -0.05) is 177 Å². The molecule has 57 heavy (non-hydrogen) atoms. The second-order valence-corrected chi connectivity index (χ2v) is 15.3. The molecule has 0 aliphatic carbocycles. The Morgan fingerprint density at radius 1 is 0.386 bits per heavy atom. The standard InChI is InChI=1S/C51H86O6/c1-4-7-10-13-16-19-21-22-23-24-25-26-27-28-30-32-35-38-41-44-50(53)56-47-48(46-55-49(52)43-40-37-34-31-18-15-12-9-6-3)57-51(54)45-42-39-36-33-29-20-17-14-11-8-5-2/h7,10,14,16-17,19-20,22-23,29,31,34,48H,4-6,8-9,11-13,15,18,21,24-28,30,32-33,35-47H2,1-3H3/b10-7-,17-14-,19-16-,23-22-,29-20-,34-31-. The van der Waals surface area contributed by atoms with Crippen LogP contribution in [0.1, 0.15) is 213 Å². The zero-order chi connectivity index (χ0) is 41.5. The lowest BCUT2D eigenvalue weighted by Crippen LogP contribution is -2.30. The minimum absolute atomic E-state index is 0.0982. The monoisotopic (exact) mass is 795 g/mol. The van der Waals surface area contributed by atoms with E-state index in [9.17, 15) is 14.4 Å². The van der Waals surface area contributed by atoms with E-state index in [1.165, 1.54) is 83.5 Å². The molecule has 0 aromatic carbocycles. The lowest BCUT2D eigenvalue weighted by Gasteiger charge is -2.18. The molecule has 0 aromatic heterocycles. The Bertz CT molecular complexity index is 1100. The molecule has 0 aliphatic heterocycles. The van der Waals surface area contributed by atoms with Crippen molar-refractivity contribution in [1.29, 1.82) is 0 Å². The van der Waals surface area contributed by atoms with E-state index in [1.54, 1.807) is 0 Å². The molecule has 0 amide bonds. The van der Waals surface area contributed by atoms with E-state index in [1.807, 2.05) is 0 Å². The summed E-state index contributed by atoms with van der Waals surface area (Å²) in [7, 11) is 0. The molecule has 0 rings (SSSR count). The zero-order valence-corrected chi connectivity index (χ0v) is 37.1. The van der Waals surface area contributed by atoms with Crippen molar-refractivity contribution in [3.63, 3.8) is 0 Å². The molecule has 0 aromatic rings. The third kappa shape index (κ3) is 43.8. The third-order valence-electron chi connectivity index (χ3n) is 9.69. The van der Waals surface area contributed by atoms with Crippen molar-refractivity contribution in [2.24, 2.45) is 0 Å². The molecule has 0 fully saturated rings. The smallest absolute Gasteiger partial charge is 0.306 e. The van der Waals surface area contributed by atoms with Crippen molar-refractivity contribution in [3.8, 4) is 0 Å². The average molecular weight is 795 g/mol. The predicted molar refractivity (Wildman–Crippen MR) is 242 cm³/mol. The number of allylic oxidation sites excluding steroid dienone is 12. The van der Waals surface area contributed by atoms with Crippen LogP contribution in [0.25, 0.3) is 0 Å². The summed E-state index contributed by atoms with van der Waals surface area (Å²) in [6.45, 7) is 6.37. The number of hydrogen-bond donors (Lipinski definition) is 0. The number of hydrogen-bond acceptors (Lipinski definition) is 6. The van der Waals surface area contributed by atoms with E-state index in [2.05, 4.69) is 93.7 Å². The maximum absolute atomic E-state index is 12.7. The molecule has 0 heterocycles. The normalized spacial score (nSPS) is 12.7. The van der Waals surface area contributed by atoms with Gasteiger partial charge in [0, 0.05) is 19.3 Å². The summed E-state index contributed by atoms with van der Waals surface area (Å²) < 4.78 is 16.6. The van der Waals surface area contributed by atoms with E-state index < -0.39 is 6.10 Å². The lowest BCUT2D eigenvalue weighted by molar-refractivity contribution is -0.167. The fraction of sp³-hybridized carbons (Fsp3) is 0.706. The van der Waals surface area contributed by atoms with Crippen molar-refractivity contribution < 1.29 is 28.6 Å². The topological polar surface area (TPSA) is 78.9 Å². The van der Waals surface area contributed by atoms with E-state index >= 15 is 0 Å². The third-order valence-corrected chi connectivity index (χ3v) is 9.69. The highest BCUT2D eigenvalue weighted by Crippen LogP contribution is 2.13. The Kier molecular flexibility index (Phi) is 43.0. The maximum atomic E-state index is 12.7. The number of rotatable bonds is 41. The zero-order valence-electron chi connectivity index (χ0n) is 37.1. The minimum Gasteiger partial charge on any atom is -0.462 e. The van der Waals surface area contributed by atoms with Crippen LogP contribution < -0.4 is 0 Å². The van der Waals surface area contributed by atoms with Crippen LogP contribution in [0, 0.1) is 0 Å². The molecule has 0 radical (unpaired) electrons. The molecule has 326 valence electrons. The van der Waals surface area contributed by atoms with Gasteiger partial charge in [-0.3, -0.25) is 14.4 Å². The van der Waals surface area contributed by atoms with Gasteiger partial charge in [0.1, 0.15) is 13.2 Å². The van der Waals surface area contributed by atoms with Gasteiger partial charge in [0.25, 0.3) is 0 Å². The van der Waals surface area contributed by atoms with Crippen LogP contribution in [-0.4, -0.2) is 37.2 Å². The van der Waals surface area contributed by atoms with Crippen LogP contribution in [0.2, 0.25) is 0 Å². The highest BCUT2D eigenvalue weighted by Gasteiger charge is 2.19. The highest BCUT2D eigenvalue weighted by atomic mass is 16.6. The Morgan fingerprint density at radius 3 is 1.33 bits per heavy atom. The SMILES string of the molecule is CC/C=C\C/C=C\C/C=C\CCCCCCCCCCCC(=O)OCC(COC(=O)CCC/C=C\CCCCCC)OC(=O)CCCCC/C=C\C=C/CCCC. The molecule has 0 saturated carbocycles. The summed E-state index contributed by atoms with van der Waals surface area (Å²) >= 11 is 0. The van der Waals surface area contributed by atoms with Gasteiger partial charge in [-0.15, -0.1) is 0 Å². The molecule has 1 unspecified atom stereocenters. The number of ether oxygens (including phenoxy) is 3. The van der Waals surface area contributed by atoms with Crippen molar-refractivity contribution in [2.45, 2.75) is 219 Å². The minimum atomic E-state index is -0.799. The lowest BCUT2D eigenvalue weighted by atomic mass is 10.1. The second kappa shape index (κ2) is 45.6. The van der Waals surface area contributed by atoms with E-state index in [0.29, 0.717) is 19.3 Å². The van der Waals surface area contributed by atoms with Crippen LogP contribution in [0.5, 0.6) is 0 Å². The number of carbonyl (C=O) groups excluding carboxylic acids is 3. The van der Waals surface area contributed by atoms with Gasteiger partial charge in [0.15, 0.2) is 6.10 Å². The molecule has 0 N–H and O–H groups in total. The number of carbonyl (C=O) groups is 3. The fourth-order valence-electron chi connectivity index (χ4n) is 6.14. The molecule has 6 heteroatoms. The Balaban J connectivity index is 4.34. The Morgan fingerprint density at radius 2 is 0.772 bits per heavy atom. The summed E-state index contributed by atoms with van der Waals surface area (Å²) in [5.41, 5.74) is 0. The Hall–Kier alpha value is -3.15. The van der Waals surface area contributed by atoms with E-state index in [-0.39, 0.29) is 37.5 Å². The van der Waals surface area contributed by atoms with Gasteiger partial charge in [-0.2, -0.15) is 0 Å². The van der Waals surface area contributed by atoms with Gasteiger partial charge < -0.3 is 14.2 Å². The van der Waals surface area contributed by atoms with Crippen molar-refractivity contribution in [2.75, 3.05) is 13.2 Å². The van der Waals surface area contributed by atoms with Crippen LogP contribution in [-0.2, 0) is 28.6 Å². The largest absolute Gasteiger partial charge is 0.462 e. The second-order valence-electron chi connectivity index (χ2n) is 15.3. The predicted octanol–water partition coefficient (Wildman–Crippen LogP) is 15.1. The maximum Gasteiger partial charge on any atom is 0.306 e. The van der Waals surface area contributed by atoms with Crippen molar-refractivity contribution >= 4 is 17.9 Å². The van der Waals surface area contributed by atoms with E-state index in [0.717, 1.165) is 83.5 Å². The van der Waals surface area contributed by atoms with Crippen LogP contribution >= 0.6 is 0 Å². The molecule has 1 atom stereocenters. The summed E-state index contributed by atoms with van der Waals surface area (Å²) in [4.78, 5) is 37.7. The van der Waals surface area contributed by atoms with Crippen molar-refractivity contribution in [3.05, 3.63) is 72.9 Å². The highest BCUT2D eigenvalue weighted by molar-refractivity contribution is 5.71. The Labute approximate surface area is 351 Å². The first-order valence-corrected chi connectivity index (χ1v) is 23.5. The van der Waals surface area contributed by atoms with Crippen molar-refractivity contribution in [1.82, 2.24) is 0 Å². The number of unbranched alkanes of at least 4 members (excludes halogenated alkanes) is 19. The number of esters is 3. The molecular formula is C51H86O6. The van der Waals surface area contributed by atoms with Crippen LogP contribution in [0.3, 0.4) is 0 Å². The summed E-state index contributed by atoms with van der Waals surface area (Å²) in [5.74, 6) is -0.974. The first-order valence-electron chi connectivity index (χ1n) is 23.5. The quantitative estimate of drug-likeness (QED) is 0.0202. The molecule has 0 aliphatic rings. The van der Waals surface area contributed by atoms with Gasteiger partial charge in [0.05, 0.1) is 0 Å². The molecule has 6 nitrogen and oxygen atoms in total. The first kappa shape index (κ1) is 53.9. The molecular weight excluding hydrogens is 709 g/mol. The van der Waals surface area contributed by atoms with Crippen LogP contribution in [0.4, 0.5) is 0 Å². The summed E-state index contributed by atoms with van der Waals surface area (Å²) in [5, 5.41) is 0. The summed E-state index contributed by atoms with van der Waals surface area (Å²) in [6, 6.07) is 0. The average Bonchev–Trinajstić information content (AvgIpc) is 3.21. The van der Waals surface area contributed by atoms with Gasteiger partial charge in [-0.05, 0) is 89.9 Å². The molecule has 0 saturated heterocycles. The van der Waals surface area contributed by atoms with E-state index in [4.69, 9.17) is 14.2 Å². The molecule has 0 spiro atoms. The fourth-order valence-corrected chi connectivity index (χ4v) is 6.14. The first-order chi connectivity index (χ1) is 28.0. The molecule has 0 bridgehead atoms. The van der Waals surface area contributed by atoms with Gasteiger partial charge >= 0.3 is 17.9 Å². The van der Waals surface area contributed by atoms with Gasteiger partial charge in [-0.25, -0.2) is 0 Å². The summed E-state index contributed by atoms with van der Waals surface area (Å²) in [6.07, 6.45) is 56.1. The van der Waals surface area contributed by atoms with Crippen LogP contribution in [0.15, 0.2) is 72.9 Å².